The molecule has 0 aliphatic rings. The molecule has 7 heteroatoms. The Kier molecular flexibility index (Phi) is 3.41. The highest BCUT2D eigenvalue weighted by atomic mass is 15.4. The predicted molar refractivity (Wildman–Crippen MR) is 91.9 cm³/mol. The largest absolute Gasteiger partial charge is 0.365 e. The van der Waals surface area contributed by atoms with Crippen molar-refractivity contribution in [2.75, 3.05) is 5.32 Å². The summed E-state index contributed by atoms with van der Waals surface area (Å²) in [6.07, 6.45) is 3.80. The Hall–Kier alpha value is -2.96. The van der Waals surface area contributed by atoms with Crippen LogP contribution in [-0.2, 0) is 0 Å². The van der Waals surface area contributed by atoms with E-state index in [0.717, 1.165) is 28.3 Å². The van der Waals surface area contributed by atoms with Crippen LogP contribution in [0.1, 0.15) is 38.1 Å². The molecule has 4 aromatic rings. The Morgan fingerprint density at radius 2 is 2.04 bits per heavy atom. The number of aromatic nitrogens is 6. The van der Waals surface area contributed by atoms with Gasteiger partial charge in [-0.3, -0.25) is 0 Å². The van der Waals surface area contributed by atoms with Gasteiger partial charge in [0, 0.05) is 35.0 Å². The molecule has 0 spiro atoms. The van der Waals surface area contributed by atoms with Gasteiger partial charge >= 0.3 is 5.65 Å². The van der Waals surface area contributed by atoms with Crippen molar-refractivity contribution in [3.05, 3.63) is 48.0 Å². The lowest BCUT2D eigenvalue weighted by molar-refractivity contribution is -0.589. The Labute approximate surface area is 139 Å². The minimum absolute atomic E-state index is 0.0970. The first kappa shape index (κ1) is 14.6. The number of pyridine rings is 1. The first-order valence-electron chi connectivity index (χ1n) is 8.09. The maximum Gasteiger partial charge on any atom is 0.325 e. The van der Waals surface area contributed by atoms with E-state index in [1.165, 1.54) is 5.56 Å². The van der Waals surface area contributed by atoms with E-state index in [-0.39, 0.29) is 5.92 Å². The van der Waals surface area contributed by atoms with Gasteiger partial charge in [-0.25, -0.2) is 4.98 Å². The zero-order valence-corrected chi connectivity index (χ0v) is 13.9. The third kappa shape index (κ3) is 2.38. The SMILES string of the molecule is CC(C)Nc1ccc2n[nH]c([C@@H](C)c3c[nH]c4ncccc34)[n+]2n1. The standard InChI is InChI=1S/C17H19N7/c1-10(2)20-14-6-7-15-21-22-17(24(15)23-14)11(3)13-9-19-16-12(13)5-4-8-18-16/h4-11H,1-3H3,(H2,18,19,20,23)/p+1/t11-/m0/s1. The molecule has 0 amide bonds. The number of rotatable bonds is 4. The fourth-order valence-electron chi connectivity index (χ4n) is 2.98. The molecule has 0 saturated heterocycles. The van der Waals surface area contributed by atoms with Crippen LogP contribution in [-0.4, -0.2) is 31.3 Å². The second-order valence-electron chi connectivity index (χ2n) is 6.26. The third-order valence-electron chi connectivity index (χ3n) is 4.12. The maximum absolute atomic E-state index is 4.67. The molecule has 4 aromatic heterocycles. The number of hydrogen-bond donors (Lipinski definition) is 3. The molecule has 0 saturated carbocycles. The van der Waals surface area contributed by atoms with Crippen LogP contribution in [0.5, 0.6) is 0 Å². The molecule has 4 heterocycles. The van der Waals surface area contributed by atoms with Crippen LogP contribution < -0.4 is 9.83 Å². The number of anilines is 1. The van der Waals surface area contributed by atoms with Crippen molar-refractivity contribution in [1.82, 2.24) is 25.3 Å². The van der Waals surface area contributed by atoms with E-state index < -0.39 is 0 Å². The Balaban J connectivity index is 1.80. The highest BCUT2D eigenvalue weighted by Crippen LogP contribution is 2.27. The number of aromatic amines is 2. The van der Waals surface area contributed by atoms with Gasteiger partial charge in [-0.15, -0.1) is 5.10 Å². The van der Waals surface area contributed by atoms with Gasteiger partial charge in [-0.05, 0) is 44.5 Å². The van der Waals surface area contributed by atoms with E-state index in [9.17, 15) is 0 Å². The molecular formula is C17H20N7+. The van der Waals surface area contributed by atoms with Crippen molar-refractivity contribution in [3.63, 3.8) is 0 Å². The Bertz CT molecular complexity index is 998. The van der Waals surface area contributed by atoms with Gasteiger partial charge in [0.1, 0.15) is 5.65 Å². The zero-order chi connectivity index (χ0) is 16.7. The fraction of sp³-hybridized carbons (Fsp3) is 0.294. The molecule has 1 atom stereocenters. The molecule has 7 nitrogen and oxygen atoms in total. The van der Waals surface area contributed by atoms with E-state index >= 15 is 0 Å². The molecular weight excluding hydrogens is 302 g/mol. The molecule has 0 aliphatic carbocycles. The smallest absolute Gasteiger partial charge is 0.325 e. The summed E-state index contributed by atoms with van der Waals surface area (Å²) in [5.74, 6) is 1.86. The van der Waals surface area contributed by atoms with Crippen molar-refractivity contribution in [2.45, 2.75) is 32.7 Å². The molecule has 122 valence electrons. The lowest BCUT2D eigenvalue weighted by Gasteiger charge is -2.08. The monoisotopic (exact) mass is 322 g/mol. The summed E-state index contributed by atoms with van der Waals surface area (Å²) in [4.78, 5) is 7.59. The molecule has 0 radical (unpaired) electrons. The molecule has 0 unspecified atom stereocenters. The van der Waals surface area contributed by atoms with Crippen LogP contribution >= 0.6 is 0 Å². The minimum Gasteiger partial charge on any atom is -0.365 e. The number of H-pyrrole nitrogens is 2. The lowest BCUT2D eigenvalue weighted by atomic mass is 10.0. The zero-order valence-electron chi connectivity index (χ0n) is 13.9. The van der Waals surface area contributed by atoms with Crippen molar-refractivity contribution in [3.8, 4) is 0 Å². The first-order valence-corrected chi connectivity index (χ1v) is 8.09. The summed E-state index contributed by atoms with van der Waals surface area (Å²) in [5, 5.41) is 16.6. The van der Waals surface area contributed by atoms with E-state index in [0.29, 0.717) is 6.04 Å². The van der Waals surface area contributed by atoms with Gasteiger partial charge in [0.15, 0.2) is 5.82 Å². The van der Waals surface area contributed by atoms with E-state index in [1.54, 1.807) is 6.20 Å². The number of nitrogens with one attached hydrogen (secondary N) is 3. The van der Waals surface area contributed by atoms with Crippen LogP contribution in [0.4, 0.5) is 5.82 Å². The molecule has 0 aromatic carbocycles. The van der Waals surface area contributed by atoms with Gasteiger partial charge in [0.05, 0.1) is 5.92 Å². The van der Waals surface area contributed by atoms with Crippen molar-refractivity contribution < 1.29 is 4.52 Å². The molecule has 0 fully saturated rings. The molecule has 4 rings (SSSR count). The van der Waals surface area contributed by atoms with Gasteiger partial charge in [-0.2, -0.15) is 0 Å². The molecule has 3 N–H and O–H groups in total. The van der Waals surface area contributed by atoms with E-state index in [1.807, 2.05) is 28.9 Å². The summed E-state index contributed by atoms with van der Waals surface area (Å²) in [5.41, 5.74) is 2.85. The van der Waals surface area contributed by atoms with Gasteiger partial charge < -0.3 is 10.3 Å². The summed E-state index contributed by atoms with van der Waals surface area (Å²) >= 11 is 0. The minimum atomic E-state index is 0.0970. The number of hydrogen-bond acceptors (Lipinski definition) is 4. The highest BCUT2D eigenvalue weighted by Gasteiger charge is 2.25. The van der Waals surface area contributed by atoms with Crippen molar-refractivity contribution in [2.24, 2.45) is 0 Å². The summed E-state index contributed by atoms with van der Waals surface area (Å²) in [6.45, 7) is 6.32. The highest BCUT2D eigenvalue weighted by molar-refractivity contribution is 5.80. The first-order chi connectivity index (χ1) is 11.6. The van der Waals surface area contributed by atoms with E-state index in [2.05, 4.69) is 57.4 Å². The average molecular weight is 322 g/mol. The third-order valence-corrected chi connectivity index (χ3v) is 4.12. The van der Waals surface area contributed by atoms with Gasteiger partial charge in [-0.1, -0.05) is 9.61 Å². The number of fused-ring (bicyclic) bond motifs is 2. The second-order valence-corrected chi connectivity index (χ2v) is 6.26. The second kappa shape index (κ2) is 5.59. The summed E-state index contributed by atoms with van der Waals surface area (Å²) in [6, 6.07) is 8.25. The maximum atomic E-state index is 4.67. The topological polar surface area (TPSA) is 86.4 Å². The van der Waals surface area contributed by atoms with E-state index in [4.69, 9.17) is 0 Å². The normalized spacial score (nSPS) is 13.0. The molecule has 24 heavy (non-hydrogen) atoms. The average Bonchev–Trinajstić information content (AvgIpc) is 3.17. The van der Waals surface area contributed by atoms with Gasteiger partial charge in [0.25, 0.3) is 5.82 Å². The van der Waals surface area contributed by atoms with Crippen LogP contribution in [0.15, 0.2) is 36.7 Å². The predicted octanol–water partition coefficient (Wildman–Crippen LogP) is 2.39. The van der Waals surface area contributed by atoms with Crippen molar-refractivity contribution >= 4 is 22.5 Å². The van der Waals surface area contributed by atoms with Gasteiger partial charge in [0.2, 0.25) is 0 Å². The lowest BCUT2D eigenvalue weighted by Crippen LogP contribution is -2.32. The Morgan fingerprint density at radius 1 is 1.17 bits per heavy atom. The quantitative estimate of drug-likeness (QED) is 0.504. The van der Waals surface area contributed by atoms with Crippen LogP contribution in [0, 0.1) is 0 Å². The summed E-state index contributed by atoms with van der Waals surface area (Å²) in [7, 11) is 0. The fourth-order valence-corrected chi connectivity index (χ4v) is 2.98. The van der Waals surface area contributed by atoms with Crippen LogP contribution in [0.25, 0.3) is 16.7 Å². The molecule has 0 bridgehead atoms. The van der Waals surface area contributed by atoms with Crippen LogP contribution in [0.2, 0.25) is 0 Å². The van der Waals surface area contributed by atoms with Crippen LogP contribution in [0.3, 0.4) is 0 Å². The Morgan fingerprint density at radius 3 is 2.88 bits per heavy atom. The summed E-state index contributed by atoms with van der Waals surface area (Å²) < 4.78 is 1.87. The van der Waals surface area contributed by atoms with Crippen molar-refractivity contribution in [1.29, 1.82) is 0 Å². The molecule has 0 aliphatic heterocycles. The number of nitrogens with zero attached hydrogens (tertiary/aromatic N) is 4.